The van der Waals surface area contributed by atoms with E-state index in [9.17, 15) is 4.79 Å². The average Bonchev–Trinajstić information content (AvgIpc) is 3.21. The van der Waals surface area contributed by atoms with E-state index in [0.29, 0.717) is 23.9 Å². The van der Waals surface area contributed by atoms with Crippen molar-refractivity contribution in [2.45, 2.75) is 69.9 Å². The van der Waals surface area contributed by atoms with E-state index in [0.717, 1.165) is 48.8 Å². The number of benzene rings is 1. The number of nitrogens with zero attached hydrogens (tertiary/aromatic N) is 3. The second kappa shape index (κ2) is 8.97. The highest BCUT2D eigenvalue weighted by Crippen LogP contribution is 2.28. The molecular weight excluding hydrogens is 362 g/mol. The number of para-hydroxylation sites is 1. The van der Waals surface area contributed by atoms with Crippen LogP contribution in [0.2, 0.25) is 0 Å². The zero-order valence-electron chi connectivity index (χ0n) is 17.7. The van der Waals surface area contributed by atoms with Gasteiger partial charge in [0.1, 0.15) is 5.82 Å². The molecule has 2 aromatic rings. The fourth-order valence-corrected chi connectivity index (χ4v) is 4.79. The number of anilines is 2. The Kier molecular flexibility index (Phi) is 6.16. The first-order valence-corrected chi connectivity index (χ1v) is 11.1. The maximum absolute atomic E-state index is 12.3. The van der Waals surface area contributed by atoms with E-state index in [2.05, 4.69) is 16.7 Å². The van der Waals surface area contributed by atoms with Gasteiger partial charge in [-0.2, -0.15) is 4.98 Å². The number of aromatic nitrogens is 2. The van der Waals surface area contributed by atoms with Gasteiger partial charge in [0.15, 0.2) is 0 Å². The molecule has 0 unspecified atom stereocenters. The van der Waals surface area contributed by atoms with E-state index in [-0.39, 0.29) is 5.91 Å². The second-order valence-corrected chi connectivity index (χ2v) is 8.90. The summed E-state index contributed by atoms with van der Waals surface area (Å²) >= 11 is 0. The van der Waals surface area contributed by atoms with E-state index in [4.69, 9.17) is 9.97 Å². The largest absolute Gasteiger partial charge is 0.362 e. The number of carbonyl (C=O) groups is 1. The van der Waals surface area contributed by atoms with Crippen LogP contribution in [0.25, 0.3) is 10.9 Å². The molecule has 6 nitrogen and oxygen atoms in total. The first-order chi connectivity index (χ1) is 14.1. The van der Waals surface area contributed by atoms with Crippen LogP contribution in [0.4, 0.5) is 11.8 Å². The second-order valence-electron chi connectivity index (χ2n) is 8.90. The molecule has 0 spiro atoms. The van der Waals surface area contributed by atoms with Crippen LogP contribution in [0, 0.1) is 5.92 Å². The molecule has 2 aliphatic rings. The molecule has 2 fully saturated rings. The molecule has 2 N–H and O–H groups in total. The Bertz CT molecular complexity index is 838. The molecule has 0 bridgehead atoms. The Labute approximate surface area is 173 Å². The predicted molar refractivity (Wildman–Crippen MR) is 118 cm³/mol. The van der Waals surface area contributed by atoms with Gasteiger partial charge in [0, 0.05) is 38.0 Å². The molecule has 4 rings (SSSR count). The maximum atomic E-state index is 12.3. The smallest absolute Gasteiger partial charge is 0.225 e. The molecule has 2 aliphatic carbocycles. The predicted octanol–water partition coefficient (Wildman–Crippen LogP) is 4.12. The first kappa shape index (κ1) is 19.9. The summed E-state index contributed by atoms with van der Waals surface area (Å²) in [5.41, 5.74) is 0.960. The SMILES string of the molecule is CN(C)c1nc(N[C@H]2CC[C@@H](NC(=O)CC3CCCC3)CC2)nc2ccccc12. The molecular formula is C23H33N5O. The van der Waals surface area contributed by atoms with Crippen molar-refractivity contribution >= 4 is 28.6 Å². The maximum Gasteiger partial charge on any atom is 0.225 e. The first-order valence-electron chi connectivity index (χ1n) is 11.1. The zero-order chi connectivity index (χ0) is 20.2. The van der Waals surface area contributed by atoms with Crippen LogP contribution in [0.5, 0.6) is 0 Å². The summed E-state index contributed by atoms with van der Waals surface area (Å²) in [5.74, 6) is 2.50. The van der Waals surface area contributed by atoms with Gasteiger partial charge in [-0.15, -0.1) is 0 Å². The number of rotatable bonds is 6. The van der Waals surface area contributed by atoms with Crippen molar-refractivity contribution in [3.63, 3.8) is 0 Å². The van der Waals surface area contributed by atoms with Gasteiger partial charge in [-0.05, 0) is 56.6 Å². The van der Waals surface area contributed by atoms with Crippen molar-refractivity contribution in [3.05, 3.63) is 24.3 Å². The molecule has 0 saturated heterocycles. The van der Waals surface area contributed by atoms with Gasteiger partial charge < -0.3 is 15.5 Å². The molecule has 156 valence electrons. The zero-order valence-corrected chi connectivity index (χ0v) is 17.7. The normalized spacial score (nSPS) is 22.6. The van der Waals surface area contributed by atoms with Crippen molar-refractivity contribution in [3.8, 4) is 0 Å². The topological polar surface area (TPSA) is 70.2 Å². The third-order valence-corrected chi connectivity index (χ3v) is 6.38. The van der Waals surface area contributed by atoms with E-state index in [1.807, 2.05) is 37.2 Å². The van der Waals surface area contributed by atoms with Crippen LogP contribution in [0.3, 0.4) is 0 Å². The van der Waals surface area contributed by atoms with Crippen molar-refractivity contribution in [2.24, 2.45) is 5.92 Å². The van der Waals surface area contributed by atoms with Gasteiger partial charge in [-0.1, -0.05) is 25.0 Å². The van der Waals surface area contributed by atoms with E-state index in [1.54, 1.807) is 0 Å². The molecule has 1 aromatic carbocycles. The molecule has 0 atom stereocenters. The fourth-order valence-electron chi connectivity index (χ4n) is 4.79. The number of fused-ring (bicyclic) bond motifs is 1. The Hall–Kier alpha value is -2.37. The summed E-state index contributed by atoms with van der Waals surface area (Å²) in [6.45, 7) is 0. The number of nitrogens with one attached hydrogen (secondary N) is 2. The third-order valence-electron chi connectivity index (χ3n) is 6.38. The van der Waals surface area contributed by atoms with Gasteiger partial charge in [0.25, 0.3) is 0 Å². The van der Waals surface area contributed by atoms with Gasteiger partial charge in [-0.25, -0.2) is 4.98 Å². The Balaban J connectivity index is 1.32. The Morgan fingerprint density at radius 1 is 1.00 bits per heavy atom. The molecule has 0 aliphatic heterocycles. The summed E-state index contributed by atoms with van der Waals surface area (Å²) in [6, 6.07) is 8.80. The number of carbonyl (C=O) groups excluding carboxylic acids is 1. The molecule has 6 heteroatoms. The summed E-state index contributed by atoms with van der Waals surface area (Å²) in [5, 5.41) is 7.88. The Morgan fingerprint density at radius 3 is 2.41 bits per heavy atom. The molecule has 1 amide bonds. The van der Waals surface area contributed by atoms with Gasteiger partial charge in [0.2, 0.25) is 11.9 Å². The average molecular weight is 396 g/mol. The standard InChI is InChI=1S/C23H33N5O/c1-28(2)22-19-9-5-6-10-20(19)26-23(27-22)25-18-13-11-17(12-14-18)24-21(29)15-16-7-3-4-8-16/h5-6,9-10,16-18H,3-4,7-8,11-15H2,1-2H3,(H,24,29)(H,25,26,27)/t17-,18+. The van der Waals surface area contributed by atoms with E-state index >= 15 is 0 Å². The fraction of sp³-hybridized carbons (Fsp3) is 0.609. The number of hydrogen-bond donors (Lipinski definition) is 2. The van der Waals surface area contributed by atoms with Gasteiger partial charge in [-0.3, -0.25) is 4.79 Å². The lowest BCUT2D eigenvalue weighted by atomic mass is 9.91. The molecule has 0 radical (unpaired) electrons. The number of hydrogen-bond acceptors (Lipinski definition) is 5. The van der Waals surface area contributed by atoms with Crippen LogP contribution >= 0.6 is 0 Å². The highest BCUT2D eigenvalue weighted by Gasteiger charge is 2.25. The van der Waals surface area contributed by atoms with E-state index in [1.165, 1.54) is 25.7 Å². The van der Waals surface area contributed by atoms with Crippen molar-refractivity contribution in [1.82, 2.24) is 15.3 Å². The van der Waals surface area contributed by atoms with Crippen LogP contribution in [-0.4, -0.2) is 42.1 Å². The van der Waals surface area contributed by atoms with Gasteiger partial charge in [0.05, 0.1) is 5.52 Å². The quantitative estimate of drug-likeness (QED) is 0.770. The minimum Gasteiger partial charge on any atom is -0.362 e. The third kappa shape index (κ3) is 4.98. The summed E-state index contributed by atoms with van der Waals surface area (Å²) in [7, 11) is 4.02. The Morgan fingerprint density at radius 2 is 1.69 bits per heavy atom. The molecule has 1 aromatic heterocycles. The number of amides is 1. The molecule has 29 heavy (non-hydrogen) atoms. The highest BCUT2D eigenvalue weighted by atomic mass is 16.1. The van der Waals surface area contributed by atoms with Crippen molar-refractivity contribution in [1.29, 1.82) is 0 Å². The van der Waals surface area contributed by atoms with Crippen LogP contribution < -0.4 is 15.5 Å². The lowest BCUT2D eigenvalue weighted by Gasteiger charge is -2.30. The van der Waals surface area contributed by atoms with Gasteiger partial charge >= 0.3 is 0 Å². The van der Waals surface area contributed by atoms with Crippen molar-refractivity contribution < 1.29 is 4.79 Å². The molecule has 1 heterocycles. The van der Waals surface area contributed by atoms with Crippen LogP contribution in [0.1, 0.15) is 57.8 Å². The lowest BCUT2D eigenvalue weighted by Crippen LogP contribution is -2.40. The minimum absolute atomic E-state index is 0.252. The minimum atomic E-state index is 0.252. The highest BCUT2D eigenvalue weighted by molar-refractivity contribution is 5.90. The van der Waals surface area contributed by atoms with Crippen LogP contribution in [0.15, 0.2) is 24.3 Å². The van der Waals surface area contributed by atoms with Crippen LogP contribution in [-0.2, 0) is 4.79 Å². The summed E-state index contributed by atoms with van der Waals surface area (Å²) in [4.78, 5) is 23.8. The summed E-state index contributed by atoms with van der Waals surface area (Å²) in [6.07, 6.45) is 9.85. The lowest BCUT2D eigenvalue weighted by molar-refractivity contribution is -0.122. The monoisotopic (exact) mass is 395 g/mol. The van der Waals surface area contributed by atoms with E-state index < -0.39 is 0 Å². The molecule has 2 saturated carbocycles. The summed E-state index contributed by atoms with van der Waals surface area (Å²) < 4.78 is 0. The van der Waals surface area contributed by atoms with Crippen molar-refractivity contribution in [2.75, 3.05) is 24.3 Å².